The lowest BCUT2D eigenvalue weighted by atomic mass is 10.2. The minimum atomic E-state index is 0.832. The summed E-state index contributed by atoms with van der Waals surface area (Å²) in [6, 6.07) is 8.03. The summed E-state index contributed by atoms with van der Waals surface area (Å²) in [5.41, 5.74) is 0. The fourth-order valence-electron chi connectivity index (χ4n) is 1.17. The Morgan fingerprint density at radius 3 is 2.54 bits per heavy atom. The second kappa shape index (κ2) is 3.67. The van der Waals surface area contributed by atoms with Gasteiger partial charge in [-0.15, -0.1) is 0 Å². The lowest BCUT2D eigenvalue weighted by Gasteiger charge is -2.02. The maximum absolute atomic E-state index is 4.26. The Morgan fingerprint density at radius 2 is 1.77 bits per heavy atom. The summed E-state index contributed by atoms with van der Waals surface area (Å²) in [6.45, 7) is 0. The number of benzene rings is 1. The van der Waals surface area contributed by atoms with Crippen molar-refractivity contribution in [2.45, 2.75) is 0 Å². The molecule has 0 radical (unpaired) electrons. The molecule has 0 bridgehead atoms. The van der Waals surface area contributed by atoms with Crippen LogP contribution >= 0.6 is 47.8 Å². The van der Waals surface area contributed by atoms with Gasteiger partial charge in [0.1, 0.15) is 9.21 Å². The predicted molar refractivity (Wildman–Crippen MR) is 64.8 cm³/mol. The summed E-state index contributed by atoms with van der Waals surface area (Å²) in [5, 5.41) is 2.26. The van der Waals surface area contributed by atoms with E-state index in [2.05, 4.69) is 52.8 Å². The smallest absolute Gasteiger partial charge is 0.115 e. The Morgan fingerprint density at radius 1 is 1.00 bits per heavy atom. The zero-order valence-electron chi connectivity index (χ0n) is 6.39. The molecule has 0 aliphatic heterocycles. The molecule has 2 aromatic rings. The van der Waals surface area contributed by atoms with Crippen molar-refractivity contribution in [1.29, 1.82) is 0 Å². The van der Waals surface area contributed by atoms with Crippen LogP contribution in [0.3, 0.4) is 0 Å². The molecule has 1 heterocycles. The lowest BCUT2D eigenvalue weighted by Crippen LogP contribution is -1.82. The molecule has 0 amide bonds. The van der Waals surface area contributed by atoms with Crippen molar-refractivity contribution >= 4 is 58.6 Å². The summed E-state index contributed by atoms with van der Waals surface area (Å²) in [6.07, 6.45) is 0. The number of hydrogen-bond acceptors (Lipinski definition) is 1. The summed E-state index contributed by atoms with van der Waals surface area (Å²) in [4.78, 5) is 4.26. The number of aromatic nitrogens is 1. The summed E-state index contributed by atoms with van der Waals surface area (Å²) >= 11 is 10.3. The van der Waals surface area contributed by atoms with Gasteiger partial charge in [0, 0.05) is 15.2 Å². The van der Waals surface area contributed by atoms with Crippen LogP contribution in [-0.2, 0) is 0 Å². The average molecular weight is 366 g/mol. The molecule has 1 nitrogen and oxygen atoms in total. The number of fused-ring (bicyclic) bond motifs is 1. The molecule has 13 heavy (non-hydrogen) atoms. The SMILES string of the molecule is Brc1cc2c(Br)cccc2c(Br)n1. The Labute approximate surface area is 101 Å². The van der Waals surface area contributed by atoms with E-state index in [1.165, 1.54) is 0 Å². The van der Waals surface area contributed by atoms with Crippen molar-refractivity contribution < 1.29 is 0 Å². The van der Waals surface area contributed by atoms with Gasteiger partial charge in [-0.25, -0.2) is 4.98 Å². The Kier molecular flexibility index (Phi) is 2.72. The van der Waals surface area contributed by atoms with E-state index in [4.69, 9.17) is 0 Å². The second-order valence-electron chi connectivity index (χ2n) is 2.57. The fourth-order valence-corrected chi connectivity index (χ4v) is 2.83. The molecule has 2 rings (SSSR count). The van der Waals surface area contributed by atoms with Crippen molar-refractivity contribution in [3.63, 3.8) is 0 Å². The van der Waals surface area contributed by atoms with Crippen LogP contribution in [0.25, 0.3) is 10.8 Å². The van der Waals surface area contributed by atoms with Crippen molar-refractivity contribution in [2.24, 2.45) is 0 Å². The first-order chi connectivity index (χ1) is 6.18. The molecule has 1 aromatic carbocycles. The molecule has 0 fully saturated rings. The van der Waals surface area contributed by atoms with E-state index in [0.29, 0.717) is 0 Å². The maximum atomic E-state index is 4.26. The molecule has 1 aromatic heterocycles. The van der Waals surface area contributed by atoms with E-state index in [1.807, 2.05) is 24.3 Å². The number of hydrogen-bond donors (Lipinski definition) is 0. The number of pyridine rings is 1. The van der Waals surface area contributed by atoms with Crippen molar-refractivity contribution in [3.8, 4) is 0 Å². The van der Waals surface area contributed by atoms with Crippen molar-refractivity contribution in [2.75, 3.05) is 0 Å². The highest BCUT2D eigenvalue weighted by Crippen LogP contribution is 2.30. The van der Waals surface area contributed by atoms with Gasteiger partial charge in [0.2, 0.25) is 0 Å². The quantitative estimate of drug-likeness (QED) is 0.625. The molecule has 0 N–H and O–H groups in total. The number of halogens is 3. The molecule has 0 aliphatic rings. The molecule has 0 atom stereocenters. The van der Waals surface area contributed by atoms with Gasteiger partial charge in [0.05, 0.1) is 0 Å². The topological polar surface area (TPSA) is 12.9 Å². The number of rotatable bonds is 0. The lowest BCUT2D eigenvalue weighted by molar-refractivity contribution is 1.26. The summed E-state index contributed by atoms with van der Waals surface area (Å²) in [5.74, 6) is 0. The first kappa shape index (κ1) is 9.62. The van der Waals surface area contributed by atoms with E-state index < -0.39 is 0 Å². The molecular formula is C9H4Br3N. The van der Waals surface area contributed by atoms with Crippen molar-refractivity contribution in [1.82, 2.24) is 4.98 Å². The third kappa shape index (κ3) is 1.80. The van der Waals surface area contributed by atoms with E-state index in [1.54, 1.807) is 0 Å². The van der Waals surface area contributed by atoms with Gasteiger partial charge in [-0.05, 0) is 44.0 Å². The highest BCUT2D eigenvalue weighted by molar-refractivity contribution is 9.11. The van der Waals surface area contributed by atoms with E-state index in [-0.39, 0.29) is 0 Å². The van der Waals surface area contributed by atoms with Crippen LogP contribution in [0.4, 0.5) is 0 Å². The molecule has 4 heteroatoms. The highest BCUT2D eigenvalue weighted by Gasteiger charge is 2.03. The first-order valence-electron chi connectivity index (χ1n) is 3.59. The largest absolute Gasteiger partial charge is 0.233 e. The van der Waals surface area contributed by atoms with Gasteiger partial charge in [0.15, 0.2) is 0 Å². The minimum absolute atomic E-state index is 0.832. The summed E-state index contributed by atoms with van der Waals surface area (Å²) < 4.78 is 2.77. The Bertz CT molecular complexity index is 468. The minimum Gasteiger partial charge on any atom is -0.233 e. The van der Waals surface area contributed by atoms with Crippen LogP contribution in [0.2, 0.25) is 0 Å². The van der Waals surface area contributed by atoms with Crippen molar-refractivity contribution in [3.05, 3.63) is 37.9 Å². The standard InChI is InChI=1S/C9H4Br3N/c10-7-3-1-2-5-6(7)4-8(11)13-9(5)12/h1-4H. The monoisotopic (exact) mass is 363 g/mol. The van der Waals surface area contributed by atoms with Gasteiger partial charge in [-0.1, -0.05) is 28.1 Å². The third-order valence-corrected chi connectivity index (χ3v) is 3.45. The third-order valence-electron chi connectivity index (χ3n) is 1.74. The first-order valence-corrected chi connectivity index (χ1v) is 5.96. The van der Waals surface area contributed by atoms with E-state index in [9.17, 15) is 0 Å². The molecule has 0 spiro atoms. The molecule has 0 saturated heterocycles. The zero-order chi connectivity index (χ0) is 9.42. The Hall–Kier alpha value is 0.0700. The van der Waals surface area contributed by atoms with Crippen LogP contribution in [0.15, 0.2) is 37.9 Å². The van der Waals surface area contributed by atoms with Gasteiger partial charge < -0.3 is 0 Å². The van der Waals surface area contributed by atoms with Crippen LogP contribution in [0.5, 0.6) is 0 Å². The van der Waals surface area contributed by atoms with E-state index >= 15 is 0 Å². The van der Waals surface area contributed by atoms with Crippen LogP contribution < -0.4 is 0 Å². The van der Waals surface area contributed by atoms with E-state index in [0.717, 1.165) is 24.5 Å². The zero-order valence-corrected chi connectivity index (χ0v) is 11.1. The second-order valence-corrected chi connectivity index (χ2v) is 4.99. The average Bonchev–Trinajstić information content (AvgIpc) is 2.07. The molecule has 0 aliphatic carbocycles. The van der Waals surface area contributed by atoms with Crippen LogP contribution in [-0.4, -0.2) is 4.98 Å². The number of nitrogens with zero attached hydrogens (tertiary/aromatic N) is 1. The maximum Gasteiger partial charge on any atom is 0.115 e. The normalized spacial score (nSPS) is 10.7. The summed E-state index contributed by atoms with van der Waals surface area (Å²) in [7, 11) is 0. The fraction of sp³-hybridized carbons (Fsp3) is 0. The predicted octanol–water partition coefficient (Wildman–Crippen LogP) is 4.52. The van der Waals surface area contributed by atoms with Gasteiger partial charge in [-0.3, -0.25) is 0 Å². The molecule has 0 saturated carbocycles. The van der Waals surface area contributed by atoms with Gasteiger partial charge in [0.25, 0.3) is 0 Å². The molecule has 66 valence electrons. The van der Waals surface area contributed by atoms with Crippen LogP contribution in [0, 0.1) is 0 Å². The Balaban J connectivity index is 2.94. The molecule has 0 unspecified atom stereocenters. The molecular weight excluding hydrogens is 362 g/mol. The van der Waals surface area contributed by atoms with Gasteiger partial charge >= 0.3 is 0 Å². The highest BCUT2D eigenvalue weighted by atomic mass is 79.9. The van der Waals surface area contributed by atoms with Gasteiger partial charge in [-0.2, -0.15) is 0 Å². The van der Waals surface area contributed by atoms with Crippen LogP contribution in [0.1, 0.15) is 0 Å².